The molecule has 2 heteroatoms. The van der Waals surface area contributed by atoms with Gasteiger partial charge in [0, 0.05) is 24.8 Å². The maximum Gasteiger partial charge on any atom is 0.0414 e. The van der Waals surface area contributed by atoms with Gasteiger partial charge in [-0.3, -0.25) is 0 Å². The van der Waals surface area contributed by atoms with Gasteiger partial charge in [-0.05, 0) is 37.3 Å². The molecule has 18 heavy (non-hydrogen) atoms. The minimum Gasteiger partial charge on any atom is -0.372 e. The van der Waals surface area contributed by atoms with Gasteiger partial charge >= 0.3 is 0 Å². The van der Waals surface area contributed by atoms with Crippen LogP contribution >= 0.6 is 0 Å². The molecule has 0 amide bonds. The fourth-order valence-electron chi connectivity index (χ4n) is 2.42. The van der Waals surface area contributed by atoms with Gasteiger partial charge in [0.25, 0.3) is 0 Å². The Kier molecular flexibility index (Phi) is 5.67. The van der Waals surface area contributed by atoms with E-state index in [1.807, 2.05) is 0 Å². The standard InChI is InChI=1S/C16H28N2/c1-6-15(17)14-9-7-8-10-16(14)18(5)13(4)11-12(2)3/h7-10,12-13,15H,6,11,17H2,1-5H3/t13?,15-/m1/s1. The maximum absolute atomic E-state index is 6.21. The first kappa shape index (κ1) is 15.0. The molecule has 0 aromatic heterocycles. The van der Waals surface area contributed by atoms with Crippen LogP contribution in [-0.2, 0) is 0 Å². The van der Waals surface area contributed by atoms with Gasteiger partial charge in [-0.15, -0.1) is 0 Å². The third-order valence-corrected chi connectivity index (χ3v) is 3.63. The molecule has 0 radical (unpaired) electrons. The fraction of sp³-hybridized carbons (Fsp3) is 0.625. The monoisotopic (exact) mass is 248 g/mol. The van der Waals surface area contributed by atoms with Crippen molar-refractivity contribution in [2.45, 2.75) is 52.6 Å². The Morgan fingerprint density at radius 2 is 1.78 bits per heavy atom. The van der Waals surface area contributed by atoms with E-state index >= 15 is 0 Å². The molecule has 0 fully saturated rings. The van der Waals surface area contributed by atoms with Crippen LogP contribution in [0.15, 0.2) is 24.3 Å². The Morgan fingerprint density at radius 1 is 1.17 bits per heavy atom. The summed E-state index contributed by atoms with van der Waals surface area (Å²) in [7, 11) is 2.17. The second kappa shape index (κ2) is 6.79. The highest BCUT2D eigenvalue weighted by Crippen LogP contribution is 2.28. The van der Waals surface area contributed by atoms with Crippen LogP contribution < -0.4 is 10.6 Å². The largest absolute Gasteiger partial charge is 0.372 e. The van der Waals surface area contributed by atoms with E-state index in [9.17, 15) is 0 Å². The third-order valence-electron chi connectivity index (χ3n) is 3.63. The number of benzene rings is 1. The summed E-state index contributed by atoms with van der Waals surface area (Å²) in [6, 6.07) is 9.18. The van der Waals surface area contributed by atoms with E-state index in [4.69, 9.17) is 5.73 Å². The molecule has 102 valence electrons. The van der Waals surface area contributed by atoms with E-state index < -0.39 is 0 Å². The van der Waals surface area contributed by atoms with Gasteiger partial charge < -0.3 is 10.6 Å². The van der Waals surface area contributed by atoms with Crippen LogP contribution in [0.25, 0.3) is 0 Å². The first-order valence-corrected chi connectivity index (χ1v) is 7.04. The highest BCUT2D eigenvalue weighted by Gasteiger charge is 2.16. The summed E-state index contributed by atoms with van der Waals surface area (Å²) in [5.41, 5.74) is 8.75. The van der Waals surface area contributed by atoms with Crippen LogP contribution in [0.4, 0.5) is 5.69 Å². The molecule has 0 saturated heterocycles. The second-order valence-corrected chi connectivity index (χ2v) is 5.66. The van der Waals surface area contributed by atoms with E-state index in [0.717, 1.165) is 12.3 Å². The van der Waals surface area contributed by atoms with Crippen molar-refractivity contribution in [2.24, 2.45) is 11.7 Å². The summed E-state index contributed by atoms with van der Waals surface area (Å²) < 4.78 is 0. The van der Waals surface area contributed by atoms with Crippen molar-refractivity contribution in [3.63, 3.8) is 0 Å². The lowest BCUT2D eigenvalue weighted by molar-refractivity contribution is 0.502. The topological polar surface area (TPSA) is 29.3 Å². The minimum absolute atomic E-state index is 0.134. The minimum atomic E-state index is 0.134. The molecule has 0 aliphatic rings. The van der Waals surface area contributed by atoms with E-state index in [-0.39, 0.29) is 6.04 Å². The highest BCUT2D eigenvalue weighted by molar-refractivity contribution is 5.55. The average molecular weight is 248 g/mol. The zero-order valence-corrected chi connectivity index (χ0v) is 12.5. The molecule has 2 N–H and O–H groups in total. The normalized spacial score (nSPS) is 14.6. The number of nitrogens with zero attached hydrogens (tertiary/aromatic N) is 1. The lowest BCUT2D eigenvalue weighted by Crippen LogP contribution is -2.31. The zero-order chi connectivity index (χ0) is 13.7. The lowest BCUT2D eigenvalue weighted by atomic mass is 9.99. The number of hydrogen-bond donors (Lipinski definition) is 1. The van der Waals surface area contributed by atoms with Crippen molar-refractivity contribution in [1.29, 1.82) is 0 Å². The van der Waals surface area contributed by atoms with E-state index in [1.165, 1.54) is 17.7 Å². The van der Waals surface area contributed by atoms with Crippen LogP contribution in [0.3, 0.4) is 0 Å². The van der Waals surface area contributed by atoms with Gasteiger partial charge in [0.15, 0.2) is 0 Å². The number of nitrogens with two attached hydrogens (primary N) is 1. The molecule has 0 saturated carbocycles. The molecule has 0 bridgehead atoms. The van der Waals surface area contributed by atoms with E-state index in [2.05, 4.69) is 63.9 Å². The maximum atomic E-state index is 6.21. The van der Waals surface area contributed by atoms with Crippen LogP contribution in [0, 0.1) is 5.92 Å². The molecule has 1 unspecified atom stereocenters. The van der Waals surface area contributed by atoms with Gasteiger partial charge in [-0.25, -0.2) is 0 Å². The van der Waals surface area contributed by atoms with Crippen molar-refractivity contribution in [1.82, 2.24) is 0 Å². The van der Waals surface area contributed by atoms with Crippen molar-refractivity contribution in [3.05, 3.63) is 29.8 Å². The van der Waals surface area contributed by atoms with Crippen LogP contribution in [-0.4, -0.2) is 13.1 Å². The zero-order valence-electron chi connectivity index (χ0n) is 12.5. The Morgan fingerprint density at radius 3 is 2.33 bits per heavy atom. The van der Waals surface area contributed by atoms with Gasteiger partial charge in [-0.2, -0.15) is 0 Å². The van der Waals surface area contributed by atoms with Crippen LogP contribution in [0.5, 0.6) is 0 Å². The van der Waals surface area contributed by atoms with Crippen molar-refractivity contribution in [3.8, 4) is 0 Å². The summed E-state index contributed by atoms with van der Waals surface area (Å²) in [6.07, 6.45) is 2.18. The molecule has 1 aromatic carbocycles. The van der Waals surface area contributed by atoms with Gasteiger partial charge in [-0.1, -0.05) is 39.0 Å². The average Bonchev–Trinajstić information content (AvgIpc) is 2.36. The highest BCUT2D eigenvalue weighted by atomic mass is 15.1. The number of hydrogen-bond acceptors (Lipinski definition) is 2. The second-order valence-electron chi connectivity index (χ2n) is 5.66. The van der Waals surface area contributed by atoms with Gasteiger partial charge in [0.1, 0.15) is 0 Å². The van der Waals surface area contributed by atoms with Crippen molar-refractivity contribution >= 4 is 5.69 Å². The Labute approximate surface area is 112 Å². The molecule has 0 heterocycles. The molecule has 0 spiro atoms. The first-order chi connectivity index (χ1) is 8.47. The van der Waals surface area contributed by atoms with Gasteiger partial charge in [0.2, 0.25) is 0 Å². The molecular formula is C16H28N2. The third kappa shape index (κ3) is 3.74. The molecule has 2 atom stereocenters. The van der Waals surface area contributed by atoms with Crippen LogP contribution in [0.2, 0.25) is 0 Å². The molecule has 0 aliphatic carbocycles. The molecule has 2 nitrogen and oxygen atoms in total. The van der Waals surface area contributed by atoms with Crippen molar-refractivity contribution in [2.75, 3.05) is 11.9 Å². The number of para-hydroxylation sites is 1. The van der Waals surface area contributed by atoms with Crippen LogP contribution in [0.1, 0.15) is 52.1 Å². The summed E-state index contributed by atoms with van der Waals surface area (Å²) in [4.78, 5) is 2.37. The molecule has 1 aromatic rings. The lowest BCUT2D eigenvalue weighted by Gasteiger charge is -2.31. The Bertz CT molecular complexity index is 360. The fourth-order valence-corrected chi connectivity index (χ4v) is 2.42. The predicted octanol–water partition coefficient (Wildman–Crippen LogP) is 3.97. The summed E-state index contributed by atoms with van der Waals surface area (Å²) >= 11 is 0. The Balaban J connectivity index is 2.94. The Hall–Kier alpha value is -1.02. The van der Waals surface area contributed by atoms with E-state index in [1.54, 1.807) is 0 Å². The van der Waals surface area contributed by atoms with Gasteiger partial charge in [0.05, 0.1) is 0 Å². The SMILES string of the molecule is CC[C@@H](N)c1ccccc1N(C)C(C)CC(C)C. The number of rotatable bonds is 6. The molecular weight excluding hydrogens is 220 g/mol. The van der Waals surface area contributed by atoms with Crippen molar-refractivity contribution < 1.29 is 0 Å². The van der Waals surface area contributed by atoms with E-state index in [0.29, 0.717) is 6.04 Å². The molecule has 1 rings (SSSR count). The predicted molar refractivity (Wildman–Crippen MR) is 81.0 cm³/mol. The smallest absolute Gasteiger partial charge is 0.0414 e. The molecule has 0 aliphatic heterocycles. The summed E-state index contributed by atoms with van der Waals surface area (Å²) in [6.45, 7) is 8.97. The first-order valence-electron chi connectivity index (χ1n) is 7.04. The quantitative estimate of drug-likeness (QED) is 0.825. The number of anilines is 1. The summed E-state index contributed by atoms with van der Waals surface area (Å²) in [5, 5.41) is 0. The summed E-state index contributed by atoms with van der Waals surface area (Å²) in [5.74, 6) is 0.717.